The van der Waals surface area contributed by atoms with Gasteiger partial charge in [0.05, 0.1) is 12.2 Å². The average Bonchev–Trinajstić information content (AvgIpc) is 3.27. The molecular weight excluding hydrogens is 408 g/mol. The molecule has 2 aromatic rings. The van der Waals surface area contributed by atoms with Crippen molar-refractivity contribution in [2.45, 2.75) is 20.4 Å². The van der Waals surface area contributed by atoms with Crippen LogP contribution in [0.2, 0.25) is 0 Å². The fourth-order valence-electron chi connectivity index (χ4n) is 2.76. The molecule has 0 aliphatic carbocycles. The number of thiophene rings is 1. The van der Waals surface area contributed by atoms with E-state index in [9.17, 15) is 19.6 Å². The Bertz CT molecular complexity index is 1030. The van der Waals surface area contributed by atoms with E-state index in [1.165, 1.54) is 12.1 Å². The fourth-order valence-corrected chi connectivity index (χ4v) is 3.57. The van der Waals surface area contributed by atoms with Gasteiger partial charge in [-0.3, -0.25) is 9.59 Å². The zero-order chi connectivity index (χ0) is 22.3. The molecule has 0 aromatic carbocycles. The monoisotopic (exact) mass is 430 g/mol. The number of aromatic nitrogens is 1. The van der Waals surface area contributed by atoms with E-state index in [1.54, 1.807) is 18.6 Å². The van der Waals surface area contributed by atoms with Gasteiger partial charge in [0.15, 0.2) is 6.61 Å². The Morgan fingerprint density at radius 2 is 2.10 bits per heavy atom. The Kier molecular flexibility index (Phi) is 7.91. The molecule has 0 aliphatic heterocycles. The van der Waals surface area contributed by atoms with Crippen LogP contribution in [0.5, 0.6) is 0 Å². The van der Waals surface area contributed by atoms with Crippen LogP contribution in [0.3, 0.4) is 0 Å². The van der Waals surface area contributed by atoms with E-state index in [0.29, 0.717) is 18.7 Å². The summed E-state index contributed by atoms with van der Waals surface area (Å²) in [6.45, 7) is 4.36. The second-order valence-corrected chi connectivity index (χ2v) is 7.21. The van der Waals surface area contributed by atoms with E-state index in [2.05, 4.69) is 5.32 Å². The molecule has 0 spiro atoms. The van der Waals surface area contributed by atoms with Crippen molar-refractivity contribution in [1.82, 2.24) is 4.57 Å². The van der Waals surface area contributed by atoms with Crippen molar-refractivity contribution in [3.63, 3.8) is 0 Å². The highest BCUT2D eigenvalue weighted by molar-refractivity contribution is 7.14. The van der Waals surface area contributed by atoms with E-state index in [4.69, 9.17) is 15.2 Å². The molecule has 2 heterocycles. The summed E-state index contributed by atoms with van der Waals surface area (Å²) < 4.78 is 12.0. The molecular formula is C20H22N4O5S. The van der Waals surface area contributed by atoms with Gasteiger partial charge >= 0.3 is 5.97 Å². The smallest absolute Gasteiger partial charge is 0.349 e. The molecule has 9 nitrogen and oxygen atoms in total. The number of nitriles is 1. The van der Waals surface area contributed by atoms with Gasteiger partial charge in [-0.1, -0.05) is 0 Å². The van der Waals surface area contributed by atoms with Crippen molar-refractivity contribution >= 4 is 40.2 Å². The summed E-state index contributed by atoms with van der Waals surface area (Å²) in [5.41, 5.74) is 7.69. The van der Waals surface area contributed by atoms with E-state index in [1.807, 2.05) is 24.5 Å². The largest absolute Gasteiger partial charge is 0.451 e. The minimum absolute atomic E-state index is 0.168. The summed E-state index contributed by atoms with van der Waals surface area (Å²) in [5, 5.41) is 13.7. The number of nitrogens with two attached hydrogens (primary N) is 1. The van der Waals surface area contributed by atoms with Crippen molar-refractivity contribution in [3.05, 3.63) is 45.6 Å². The highest BCUT2D eigenvalue weighted by Crippen LogP contribution is 2.22. The number of nitrogens with one attached hydrogen (secondary N) is 1. The number of methoxy groups -OCH3 is 1. The standard InChI is InChI=1S/C20H22N4O5S/c1-12-8-14(13(2)24(12)5-6-28-3)9-15(10-21)20(27)29-11-17(25)23-19-16(18(22)26)4-7-30-19/h4,7-9H,5-6,11H2,1-3H3,(H2,22,26)(H,23,25)/b15-9-. The fraction of sp³-hybridized carbons (Fsp3) is 0.300. The first kappa shape index (κ1) is 22.9. The summed E-state index contributed by atoms with van der Waals surface area (Å²) in [4.78, 5) is 35.5. The molecule has 0 fully saturated rings. The van der Waals surface area contributed by atoms with Gasteiger partial charge < -0.3 is 25.1 Å². The molecule has 0 unspecified atom stereocenters. The van der Waals surface area contributed by atoms with Crippen LogP contribution in [0, 0.1) is 25.2 Å². The van der Waals surface area contributed by atoms with Gasteiger partial charge in [-0.05, 0) is 43.0 Å². The third kappa shape index (κ3) is 5.56. The Labute approximate surface area is 177 Å². The summed E-state index contributed by atoms with van der Waals surface area (Å²) in [5.74, 6) is -2.25. The lowest BCUT2D eigenvalue weighted by atomic mass is 10.1. The van der Waals surface area contributed by atoms with Gasteiger partial charge in [-0.2, -0.15) is 5.26 Å². The maximum atomic E-state index is 12.2. The van der Waals surface area contributed by atoms with Crippen molar-refractivity contribution in [3.8, 4) is 6.07 Å². The second-order valence-electron chi connectivity index (χ2n) is 6.29. The van der Waals surface area contributed by atoms with Crippen LogP contribution in [0.25, 0.3) is 6.08 Å². The van der Waals surface area contributed by atoms with Crippen LogP contribution in [0.15, 0.2) is 23.1 Å². The van der Waals surface area contributed by atoms with Crippen LogP contribution >= 0.6 is 11.3 Å². The topological polar surface area (TPSA) is 136 Å². The first-order valence-electron chi connectivity index (χ1n) is 8.90. The number of hydrogen-bond donors (Lipinski definition) is 2. The van der Waals surface area contributed by atoms with Crippen LogP contribution in [-0.2, 0) is 25.6 Å². The zero-order valence-corrected chi connectivity index (χ0v) is 17.7. The van der Waals surface area contributed by atoms with Crippen LogP contribution in [-0.4, -0.2) is 42.7 Å². The Morgan fingerprint density at radius 1 is 1.37 bits per heavy atom. The molecule has 2 aromatic heterocycles. The molecule has 0 saturated heterocycles. The average molecular weight is 430 g/mol. The van der Waals surface area contributed by atoms with Gasteiger partial charge in [0.1, 0.15) is 16.6 Å². The van der Waals surface area contributed by atoms with E-state index in [0.717, 1.165) is 22.7 Å². The van der Waals surface area contributed by atoms with Crippen molar-refractivity contribution in [1.29, 1.82) is 5.26 Å². The highest BCUT2D eigenvalue weighted by Gasteiger charge is 2.17. The maximum absolute atomic E-state index is 12.2. The van der Waals surface area contributed by atoms with Crippen molar-refractivity contribution in [2.24, 2.45) is 5.73 Å². The summed E-state index contributed by atoms with van der Waals surface area (Å²) in [7, 11) is 1.61. The molecule has 0 saturated carbocycles. The molecule has 3 N–H and O–H groups in total. The first-order chi connectivity index (χ1) is 14.3. The lowest BCUT2D eigenvalue weighted by molar-refractivity contribution is -0.142. The number of anilines is 1. The molecule has 0 atom stereocenters. The summed E-state index contributed by atoms with van der Waals surface area (Å²) >= 11 is 1.12. The third-order valence-corrected chi connectivity index (χ3v) is 5.12. The molecule has 2 rings (SSSR count). The lowest BCUT2D eigenvalue weighted by Crippen LogP contribution is -2.22. The molecule has 30 heavy (non-hydrogen) atoms. The second kappa shape index (κ2) is 10.4. The highest BCUT2D eigenvalue weighted by atomic mass is 32.1. The predicted molar refractivity (Wildman–Crippen MR) is 112 cm³/mol. The molecule has 10 heteroatoms. The Morgan fingerprint density at radius 3 is 2.73 bits per heavy atom. The van der Waals surface area contributed by atoms with Crippen LogP contribution in [0.4, 0.5) is 5.00 Å². The van der Waals surface area contributed by atoms with Crippen molar-refractivity contribution < 1.29 is 23.9 Å². The lowest BCUT2D eigenvalue weighted by Gasteiger charge is -2.08. The number of primary amides is 1. The molecule has 0 bridgehead atoms. The minimum atomic E-state index is -0.921. The van der Waals surface area contributed by atoms with Crippen LogP contribution < -0.4 is 11.1 Å². The van der Waals surface area contributed by atoms with E-state index < -0.39 is 24.4 Å². The van der Waals surface area contributed by atoms with Crippen molar-refractivity contribution in [2.75, 3.05) is 25.6 Å². The van der Waals surface area contributed by atoms with Gasteiger partial charge in [-0.25, -0.2) is 4.79 Å². The molecule has 2 amide bonds. The number of esters is 1. The Hall–Kier alpha value is -3.42. The molecule has 0 aliphatic rings. The van der Waals surface area contributed by atoms with Gasteiger partial charge in [0, 0.05) is 25.0 Å². The number of carbonyl (C=O) groups is 3. The number of aryl methyl sites for hydroxylation is 1. The number of amides is 2. The predicted octanol–water partition coefficient (Wildman–Crippen LogP) is 2.00. The third-order valence-electron chi connectivity index (χ3n) is 4.29. The number of ether oxygens (including phenoxy) is 2. The van der Waals surface area contributed by atoms with E-state index in [-0.39, 0.29) is 16.1 Å². The Balaban J connectivity index is 2.04. The summed E-state index contributed by atoms with van der Waals surface area (Å²) in [6, 6.07) is 5.14. The quantitative estimate of drug-likeness (QED) is 0.355. The van der Waals surface area contributed by atoms with Gasteiger partial charge in [-0.15, -0.1) is 11.3 Å². The number of carbonyl (C=O) groups excluding carboxylic acids is 3. The minimum Gasteiger partial charge on any atom is -0.451 e. The molecule has 0 radical (unpaired) electrons. The van der Waals surface area contributed by atoms with E-state index >= 15 is 0 Å². The zero-order valence-electron chi connectivity index (χ0n) is 16.9. The normalized spacial score (nSPS) is 11.1. The SMILES string of the molecule is COCCn1c(C)cc(/C=C(/C#N)C(=O)OCC(=O)Nc2sccc2C(N)=O)c1C. The number of nitrogens with zero attached hydrogens (tertiary/aromatic N) is 2. The maximum Gasteiger partial charge on any atom is 0.349 e. The van der Waals surface area contributed by atoms with Gasteiger partial charge in [0.25, 0.3) is 11.8 Å². The molecule has 158 valence electrons. The number of hydrogen-bond acceptors (Lipinski definition) is 7. The van der Waals surface area contributed by atoms with Gasteiger partial charge in [0.2, 0.25) is 0 Å². The first-order valence-corrected chi connectivity index (χ1v) is 9.78. The van der Waals surface area contributed by atoms with Crippen LogP contribution in [0.1, 0.15) is 27.3 Å². The summed E-state index contributed by atoms with van der Waals surface area (Å²) in [6.07, 6.45) is 1.43. The number of rotatable bonds is 9.